The van der Waals surface area contributed by atoms with E-state index in [9.17, 15) is 9.32 Å². The van der Waals surface area contributed by atoms with Crippen molar-refractivity contribution in [3.05, 3.63) is 23.6 Å². The third-order valence-electron chi connectivity index (χ3n) is 7.28. The molecule has 164 valence electrons. The highest BCUT2D eigenvalue weighted by Gasteiger charge is 2.48. The molecule has 5 heterocycles. The van der Waals surface area contributed by atoms with Crippen LogP contribution in [-0.2, 0) is 10.8 Å². The second kappa shape index (κ2) is 7.25. The first kappa shape index (κ1) is 19.6. The van der Waals surface area contributed by atoms with Crippen LogP contribution < -0.4 is 14.7 Å². The van der Waals surface area contributed by atoms with Crippen LogP contribution >= 0.6 is 11.6 Å². The Labute approximate surface area is 187 Å². The zero-order valence-electron chi connectivity index (χ0n) is 17.0. The van der Waals surface area contributed by atoms with Gasteiger partial charge < -0.3 is 19.8 Å². The molecule has 0 bridgehead atoms. The molecule has 0 aromatic carbocycles. The monoisotopic (exact) mass is 461 g/mol. The van der Waals surface area contributed by atoms with Gasteiger partial charge in [0.1, 0.15) is 10.8 Å². The summed E-state index contributed by atoms with van der Waals surface area (Å²) >= 11 is 5.91. The second-order valence-corrected chi connectivity index (χ2v) is 10.9. The van der Waals surface area contributed by atoms with Crippen LogP contribution in [0.2, 0.25) is 5.02 Å². The van der Waals surface area contributed by atoms with Crippen molar-refractivity contribution in [2.75, 3.05) is 53.4 Å². The molecule has 1 aliphatic carbocycles. The first-order valence-corrected chi connectivity index (χ1v) is 12.4. The number of anilines is 3. The number of halogens is 1. The Morgan fingerprint density at radius 2 is 1.65 bits per heavy atom. The average Bonchev–Trinajstić information content (AvgIpc) is 3.40. The molecule has 2 saturated heterocycles. The molecular weight excluding hydrogens is 438 g/mol. The molecule has 0 radical (unpaired) electrons. The van der Waals surface area contributed by atoms with E-state index in [1.54, 1.807) is 18.6 Å². The van der Waals surface area contributed by atoms with Gasteiger partial charge in [-0.15, -0.1) is 0 Å². The lowest BCUT2D eigenvalue weighted by Crippen LogP contribution is -2.56. The number of aliphatic hydroxyl groups excluding tert-OH is 1. The Kier molecular flexibility index (Phi) is 4.59. The maximum absolute atomic E-state index is 12.6. The van der Waals surface area contributed by atoms with Crippen molar-refractivity contribution in [3.8, 4) is 0 Å². The minimum Gasteiger partial charge on any atom is -0.394 e. The predicted molar refractivity (Wildman–Crippen MR) is 118 cm³/mol. The lowest BCUT2D eigenvalue weighted by molar-refractivity contribution is 0.119. The largest absolute Gasteiger partial charge is 0.394 e. The molecule has 4 aliphatic rings. The zero-order valence-corrected chi connectivity index (χ0v) is 18.6. The van der Waals surface area contributed by atoms with Crippen molar-refractivity contribution >= 4 is 40.1 Å². The lowest BCUT2D eigenvalue weighted by Gasteiger charge is -2.47. The molecule has 3 atom stereocenters. The number of rotatable bonds is 4. The van der Waals surface area contributed by atoms with E-state index >= 15 is 0 Å². The van der Waals surface area contributed by atoms with Crippen LogP contribution in [0.4, 0.5) is 17.7 Å². The topological polar surface area (TPSA) is 98.6 Å². The van der Waals surface area contributed by atoms with E-state index in [1.165, 1.54) is 0 Å². The second-order valence-electron chi connectivity index (χ2n) is 9.03. The molecule has 2 aromatic rings. The summed E-state index contributed by atoms with van der Waals surface area (Å²) in [4.78, 5) is 25.4. The van der Waals surface area contributed by atoms with Gasteiger partial charge in [0, 0.05) is 38.0 Å². The third-order valence-corrected chi connectivity index (χ3v) is 8.75. The van der Waals surface area contributed by atoms with Crippen LogP contribution in [0.3, 0.4) is 0 Å². The summed E-state index contributed by atoms with van der Waals surface area (Å²) in [5.74, 6) is 3.56. The number of aliphatic hydroxyl groups is 1. The molecule has 3 aliphatic heterocycles. The van der Waals surface area contributed by atoms with Gasteiger partial charge in [0.05, 0.1) is 46.6 Å². The van der Waals surface area contributed by atoms with Gasteiger partial charge in [-0.2, -0.15) is 4.98 Å². The van der Waals surface area contributed by atoms with E-state index in [0.717, 1.165) is 57.2 Å². The van der Waals surface area contributed by atoms with E-state index in [0.29, 0.717) is 33.6 Å². The van der Waals surface area contributed by atoms with Crippen LogP contribution in [0.25, 0.3) is 0 Å². The molecule has 3 unspecified atom stereocenters. The van der Waals surface area contributed by atoms with Crippen molar-refractivity contribution in [2.24, 2.45) is 11.8 Å². The molecule has 0 spiro atoms. The zero-order chi connectivity index (χ0) is 21.2. The minimum absolute atomic E-state index is 0.0689. The van der Waals surface area contributed by atoms with Crippen LogP contribution in [0, 0.1) is 11.8 Å². The number of aromatic nitrogens is 4. The Balaban J connectivity index is 1.20. The summed E-state index contributed by atoms with van der Waals surface area (Å²) in [5.41, 5.74) is -0.312. The fourth-order valence-corrected chi connectivity index (χ4v) is 6.75. The number of hydrogen-bond acceptors (Lipinski definition) is 9. The summed E-state index contributed by atoms with van der Waals surface area (Å²) in [6, 6.07) is 0. The van der Waals surface area contributed by atoms with Crippen molar-refractivity contribution in [3.63, 3.8) is 0 Å². The number of fused-ring (bicyclic) bond motifs is 2. The summed E-state index contributed by atoms with van der Waals surface area (Å²) in [5, 5.41) is 10.6. The quantitative estimate of drug-likeness (QED) is 0.722. The van der Waals surface area contributed by atoms with Gasteiger partial charge in [0.2, 0.25) is 11.9 Å². The maximum Gasteiger partial charge on any atom is 0.227 e. The summed E-state index contributed by atoms with van der Waals surface area (Å²) < 4.78 is 12.6. The van der Waals surface area contributed by atoms with Crippen LogP contribution in [0.1, 0.15) is 19.3 Å². The highest BCUT2D eigenvalue weighted by atomic mass is 35.5. The molecule has 2 aromatic heterocycles. The highest BCUT2D eigenvalue weighted by Crippen LogP contribution is 2.45. The molecule has 0 amide bonds. The molecule has 3 fully saturated rings. The predicted octanol–water partition coefficient (Wildman–Crippen LogP) is 1.29. The maximum atomic E-state index is 12.6. The van der Waals surface area contributed by atoms with Gasteiger partial charge in [0.15, 0.2) is 5.82 Å². The van der Waals surface area contributed by atoms with Crippen molar-refractivity contribution < 1.29 is 9.32 Å². The SMILES string of the molecule is O=S1CN(C2(CO)CCC2)c2nc(N3CC4CN(c5ncc(Cl)cn5)CC4C3)ncc21. The first-order chi connectivity index (χ1) is 15.1. The first-order valence-electron chi connectivity index (χ1n) is 10.7. The van der Waals surface area contributed by atoms with Gasteiger partial charge in [-0.25, -0.2) is 15.0 Å². The fraction of sp³-hybridized carbons (Fsp3) is 0.600. The van der Waals surface area contributed by atoms with Crippen molar-refractivity contribution in [2.45, 2.75) is 29.7 Å². The highest BCUT2D eigenvalue weighted by molar-refractivity contribution is 7.85. The summed E-state index contributed by atoms with van der Waals surface area (Å²) in [6.07, 6.45) is 7.91. The molecule has 6 rings (SSSR count). The minimum atomic E-state index is -1.14. The normalized spacial score (nSPS) is 28.6. The van der Waals surface area contributed by atoms with Crippen LogP contribution in [-0.4, -0.2) is 73.5 Å². The Hall–Kier alpha value is -2.04. The van der Waals surface area contributed by atoms with E-state index < -0.39 is 10.8 Å². The smallest absolute Gasteiger partial charge is 0.227 e. The van der Waals surface area contributed by atoms with Crippen LogP contribution in [0.15, 0.2) is 23.5 Å². The van der Waals surface area contributed by atoms with E-state index in [2.05, 4.69) is 29.7 Å². The number of nitrogens with zero attached hydrogens (tertiary/aromatic N) is 7. The van der Waals surface area contributed by atoms with E-state index in [-0.39, 0.29) is 12.1 Å². The van der Waals surface area contributed by atoms with Crippen LogP contribution in [0.5, 0.6) is 0 Å². The van der Waals surface area contributed by atoms with Crippen molar-refractivity contribution in [1.82, 2.24) is 19.9 Å². The lowest BCUT2D eigenvalue weighted by atomic mass is 9.76. The molecule has 31 heavy (non-hydrogen) atoms. The Morgan fingerprint density at radius 3 is 2.23 bits per heavy atom. The molecule has 11 heteroatoms. The molecular formula is C20H24ClN7O2S. The van der Waals surface area contributed by atoms with E-state index in [4.69, 9.17) is 16.6 Å². The molecule has 1 saturated carbocycles. The van der Waals surface area contributed by atoms with Gasteiger partial charge in [0.25, 0.3) is 0 Å². The molecule has 1 N–H and O–H groups in total. The molecule has 9 nitrogen and oxygen atoms in total. The Morgan fingerprint density at radius 1 is 1.03 bits per heavy atom. The Bertz CT molecular complexity index is 1020. The van der Waals surface area contributed by atoms with Crippen molar-refractivity contribution in [1.29, 1.82) is 0 Å². The van der Waals surface area contributed by atoms with Gasteiger partial charge in [-0.3, -0.25) is 4.21 Å². The standard InChI is InChI=1S/C20H24ClN7O2S/c21-15-4-22-18(23-5-15)26-7-13-9-27(10-14(13)8-26)19-24-6-16-17(25-19)28(12-31(16)30)20(11-29)2-1-3-20/h4-6,13-14,29H,1-3,7-12H2. The average molecular weight is 462 g/mol. The van der Waals surface area contributed by atoms with Gasteiger partial charge >= 0.3 is 0 Å². The number of hydrogen-bond donors (Lipinski definition) is 1. The van der Waals surface area contributed by atoms with E-state index in [1.807, 2.05) is 0 Å². The fourth-order valence-electron chi connectivity index (χ4n) is 5.36. The summed E-state index contributed by atoms with van der Waals surface area (Å²) in [7, 11) is -1.14. The summed E-state index contributed by atoms with van der Waals surface area (Å²) in [6.45, 7) is 3.62. The third kappa shape index (κ3) is 3.10. The van der Waals surface area contributed by atoms with Gasteiger partial charge in [-0.1, -0.05) is 11.6 Å². The van der Waals surface area contributed by atoms with Gasteiger partial charge in [-0.05, 0) is 19.3 Å².